The van der Waals surface area contributed by atoms with E-state index in [1.54, 1.807) is 0 Å². The van der Waals surface area contributed by atoms with Gasteiger partial charge in [-0.2, -0.15) is 0 Å². The lowest BCUT2D eigenvalue weighted by atomic mass is 9.85. The zero-order chi connectivity index (χ0) is 35.7. The number of benzene rings is 4. The lowest BCUT2D eigenvalue weighted by molar-refractivity contribution is -0.212. The van der Waals surface area contributed by atoms with Crippen LogP contribution in [0.1, 0.15) is 24.8 Å². The van der Waals surface area contributed by atoms with Crippen molar-refractivity contribution in [3.8, 4) is 0 Å². The van der Waals surface area contributed by atoms with Crippen LogP contribution in [0.5, 0.6) is 0 Å². The predicted molar refractivity (Wildman–Crippen MR) is 173 cm³/mol. The number of nitrogens with one attached hydrogen (secondary N) is 1. The molecule has 1 fully saturated rings. The maximum Gasteiger partial charge on any atom is 0.472 e. The van der Waals surface area contributed by atoms with E-state index >= 15 is 0 Å². The Hall–Kier alpha value is -2.40. The van der Waals surface area contributed by atoms with Gasteiger partial charge in [-0.1, -0.05) is 54.6 Å². The third kappa shape index (κ3) is 9.29. The molecule has 1 unspecified atom stereocenters. The van der Waals surface area contributed by atoms with Crippen molar-refractivity contribution in [2.75, 3.05) is 13.2 Å². The van der Waals surface area contributed by atoms with Gasteiger partial charge < -0.3 is 45.1 Å². The quantitative estimate of drug-likeness (QED) is 0.0477. The Morgan fingerprint density at radius 2 is 1.22 bits per heavy atom. The zero-order valence-corrected chi connectivity index (χ0v) is 28.3. The van der Waals surface area contributed by atoms with Crippen molar-refractivity contribution in [2.24, 2.45) is 0 Å². The summed E-state index contributed by atoms with van der Waals surface area (Å²) in [4.78, 5) is 59.0. The molecular weight excluding hydrogens is 711 g/mol. The van der Waals surface area contributed by atoms with Crippen LogP contribution in [-0.4, -0.2) is 95.5 Å². The van der Waals surface area contributed by atoms with Crippen molar-refractivity contribution in [1.82, 2.24) is 5.32 Å². The van der Waals surface area contributed by atoms with Crippen molar-refractivity contribution >= 4 is 61.7 Å². The Morgan fingerprint density at radius 3 is 1.86 bits per heavy atom. The fourth-order valence-corrected chi connectivity index (χ4v) is 8.16. The minimum Gasteiger partial charge on any atom is -0.387 e. The second-order valence-corrected chi connectivity index (χ2v) is 15.4. The summed E-state index contributed by atoms with van der Waals surface area (Å²) in [5.41, 5.74) is 1.12. The summed E-state index contributed by atoms with van der Waals surface area (Å²) in [7, 11) is -16.1. The van der Waals surface area contributed by atoms with Gasteiger partial charge in [-0.05, 0) is 57.1 Å². The number of hydrogen-bond acceptors (Lipinski definition) is 11. The number of carbonyl (C=O) groups is 1. The molecule has 0 spiro atoms. The summed E-state index contributed by atoms with van der Waals surface area (Å²) in [6.45, 7) is -0.421. The van der Waals surface area contributed by atoms with E-state index in [9.17, 15) is 38.7 Å². The van der Waals surface area contributed by atoms with Crippen LogP contribution >= 0.6 is 23.5 Å². The highest BCUT2D eigenvalue weighted by Gasteiger charge is 2.56. The normalized spacial score (nSPS) is 24.8. The van der Waals surface area contributed by atoms with Gasteiger partial charge in [-0.3, -0.25) is 22.9 Å². The Balaban J connectivity index is 1.09. The largest absolute Gasteiger partial charge is 0.472 e. The molecule has 0 heterocycles. The molecule has 1 saturated carbocycles. The van der Waals surface area contributed by atoms with Crippen molar-refractivity contribution in [3.63, 3.8) is 0 Å². The SMILES string of the molecule is O=C(CCCc1ccc2ccc3cccc4ccc1c2c34)NCCCOP(=O)(O)O[C@@H]1[C@H](O)[C@H](O)[C@@H](OP(=O)(O)O)[C@H](OP(=O)(O)O)[C@H]1O. The van der Waals surface area contributed by atoms with Crippen LogP contribution in [-0.2, 0) is 43.0 Å². The molecule has 0 saturated heterocycles. The molecule has 5 rings (SSSR count). The predicted octanol–water partition coefficient (Wildman–Crippen LogP) is 1.97. The second-order valence-electron chi connectivity index (χ2n) is 11.6. The zero-order valence-electron chi connectivity index (χ0n) is 25.6. The van der Waals surface area contributed by atoms with Crippen LogP contribution in [0, 0.1) is 0 Å². The van der Waals surface area contributed by atoms with Gasteiger partial charge in [0.15, 0.2) is 0 Å². The van der Waals surface area contributed by atoms with Crippen LogP contribution in [0.2, 0.25) is 0 Å². The Bertz CT molecular complexity index is 1910. The maximum absolute atomic E-state index is 12.5. The topological polar surface area (TPSA) is 279 Å². The molecule has 20 heteroatoms. The van der Waals surface area contributed by atoms with Crippen LogP contribution in [0.15, 0.2) is 54.6 Å². The van der Waals surface area contributed by atoms with Crippen molar-refractivity contribution < 1.29 is 76.4 Å². The number of hydrogen-bond donors (Lipinski definition) is 9. The van der Waals surface area contributed by atoms with Gasteiger partial charge in [0.05, 0.1) is 6.61 Å². The molecule has 9 N–H and O–H groups in total. The summed E-state index contributed by atoms with van der Waals surface area (Å²) in [5.74, 6) is -0.258. The van der Waals surface area contributed by atoms with Crippen molar-refractivity contribution in [1.29, 1.82) is 0 Å². The lowest BCUT2D eigenvalue weighted by Crippen LogP contribution is -2.65. The maximum atomic E-state index is 12.5. The standard InChI is InChI=1S/C29H36NO16P3/c31-21(7-2-4-16-8-9-19-11-10-17-5-1-6-18-12-13-20(16)23(19)22(17)18)30-14-3-15-43-49(41,42)46-27-24(32)25(33)28(44-47(35,36)37)29(26(27)34)45-48(38,39)40/h1,5-6,8-13,24-29,32-34H,2-4,7,14-15H2,(H,30,31)(H,41,42)(H2,35,36,37)(H2,38,39,40)/t24-,25+,26+,27-,28-,29-/m1/s1. The summed E-state index contributed by atoms with van der Waals surface area (Å²) in [6.07, 6.45) is -12.9. The number of amides is 1. The van der Waals surface area contributed by atoms with Crippen LogP contribution in [0.4, 0.5) is 0 Å². The lowest BCUT2D eigenvalue weighted by Gasteiger charge is -2.44. The average Bonchev–Trinajstić information content (AvgIpc) is 3.02. The van der Waals surface area contributed by atoms with Crippen LogP contribution in [0.25, 0.3) is 32.3 Å². The van der Waals surface area contributed by atoms with E-state index < -0.39 is 66.7 Å². The summed E-state index contributed by atoms with van der Waals surface area (Å²) in [6, 6.07) is 18.8. The van der Waals surface area contributed by atoms with Gasteiger partial charge in [-0.25, -0.2) is 13.7 Å². The molecule has 268 valence electrons. The highest BCUT2D eigenvalue weighted by molar-refractivity contribution is 7.47. The highest BCUT2D eigenvalue weighted by Crippen LogP contribution is 2.51. The molecule has 7 atom stereocenters. The summed E-state index contributed by atoms with van der Waals surface area (Å²) in [5, 5.41) is 40.8. The summed E-state index contributed by atoms with van der Waals surface area (Å²) >= 11 is 0. The smallest absolute Gasteiger partial charge is 0.387 e. The van der Waals surface area contributed by atoms with Crippen molar-refractivity contribution in [2.45, 2.75) is 62.3 Å². The third-order valence-electron chi connectivity index (χ3n) is 8.16. The average molecular weight is 748 g/mol. The van der Waals surface area contributed by atoms with Gasteiger partial charge >= 0.3 is 23.5 Å². The second kappa shape index (κ2) is 15.1. The van der Waals surface area contributed by atoms with E-state index in [1.807, 2.05) is 6.07 Å². The number of rotatable bonds is 15. The molecule has 0 aliphatic heterocycles. The van der Waals surface area contributed by atoms with E-state index in [0.717, 1.165) is 27.1 Å². The van der Waals surface area contributed by atoms with Gasteiger partial charge in [0.1, 0.15) is 36.6 Å². The molecule has 0 bridgehead atoms. The van der Waals surface area contributed by atoms with E-state index in [0.29, 0.717) is 12.8 Å². The number of aliphatic hydroxyl groups is 3. The molecule has 0 radical (unpaired) electrons. The van der Waals surface area contributed by atoms with E-state index in [1.165, 1.54) is 10.8 Å². The van der Waals surface area contributed by atoms with Gasteiger partial charge in [0.25, 0.3) is 0 Å². The van der Waals surface area contributed by atoms with E-state index in [4.69, 9.17) is 28.6 Å². The van der Waals surface area contributed by atoms with Gasteiger partial charge in [-0.15, -0.1) is 0 Å². The number of phosphoric acid groups is 3. The van der Waals surface area contributed by atoms with Crippen molar-refractivity contribution in [3.05, 3.63) is 60.2 Å². The number of phosphoric ester groups is 3. The molecule has 1 aliphatic rings. The first-order valence-corrected chi connectivity index (χ1v) is 19.6. The monoisotopic (exact) mass is 747 g/mol. The highest BCUT2D eigenvalue weighted by atomic mass is 31.2. The molecule has 17 nitrogen and oxygen atoms in total. The fraction of sp³-hybridized carbons (Fsp3) is 0.414. The van der Waals surface area contributed by atoms with Gasteiger partial charge in [0.2, 0.25) is 5.91 Å². The first kappa shape index (κ1) is 37.8. The molecular formula is C29H36NO16P3. The number of aliphatic hydroxyl groups excluding tert-OH is 3. The van der Waals surface area contributed by atoms with Crippen LogP contribution in [0.3, 0.4) is 0 Å². The Morgan fingerprint density at radius 1 is 0.673 bits per heavy atom. The van der Waals surface area contributed by atoms with Gasteiger partial charge in [0, 0.05) is 13.0 Å². The van der Waals surface area contributed by atoms with E-state index in [-0.39, 0.29) is 25.3 Å². The van der Waals surface area contributed by atoms with E-state index in [2.05, 4.69) is 62.9 Å². The molecule has 1 amide bonds. The summed E-state index contributed by atoms with van der Waals surface area (Å²) < 4.78 is 53.3. The van der Waals surface area contributed by atoms with Crippen LogP contribution < -0.4 is 5.32 Å². The minimum atomic E-state index is -5.52. The molecule has 4 aromatic rings. The fourth-order valence-electron chi connectivity index (χ4n) is 6.06. The minimum absolute atomic E-state index is 0.0230. The Labute approximate surface area is 278 Å². The first-order chi connectivity index (χ1) is 22.9. The Kier molecular flexibility index (Phi) is 11.6. The molecule has 49 heavy (non-hydrogen) atoms. The number of aryl methyl sites for hydroxylation is 1. The molecule has 4 aromatic carbocycles. The third-order valence-corrected chi connectivity index (χ3v) is 10.2. The molecule has 1 aliphatic carbocycles. The molecule has 0 aromatic heterocycles. The first-order valence-electron chi connectivity index (χ1n) is 15.0. The number of carbonyl (C=O) groups excluding carboxylic acids is 1.